The van der Waals surface area contributed by atoms with Crippen molar-refractivity contribution in [3.8, 4) is 5.75 Å². The first-order chi connectivity index (χ1) is 12.0. The fourth-order valence-corrected chi connectivity index (χ4v) is 3.11. The summed E-state index contributed by atoms with van der Waals surface area (Å²) >= 11 is 0. The molecule has 1 aromatic carbocycles. The first-order valence-corrected chi connectivity index (χ1v) is 8.74. The zero-order valence-corrected chi connectivity index (χ0v) is 14.8. The van der Waals surface area contributed by atoms with Crippen molar-refractivity contribution in [1.29, 1.82) is 0 Å². The number of likely N-dealkylation sites (N-methyl/N-ethyl adjacent to an activating group) is 1. The number of aromatic nitrogens is 3. The number of carbonyl (C=O) groups is 1. The number of nitrogens with zero attached hydrogens (tertiary/aromatic N) is 4. The third-order valence-corrected chi connectivity index (χ3v) is 4.76. The van der Waals surface area contributed by atoms with E-state index in [4.69, 9.17) is 0 Å². The zero-order valence-electron chi connectivity index (χ0n) is 14.8. The Morgan fingerprint density at radius 1 is 1.36 bits per heavy atom. The number of phenols is 1. The van der Waals surface area contributed by atoms with Crippen molar-refractivity contribution in [3.63, 3.8) is 0 Å². The van der Waals surface area contributed by atoms with Gasteiger partial charge in [-0.2, -0.15) is 0 Å². The lowest BCUT2D eigenvalue weighted by Crippen LogP contribution is -2.43. The van der Waals surface area contributed by atoms with E-state index in [0.717, 1.165) is 43.0 Å². The molecule has 0 spiro atoms. The number of hydrogen-bond donors (Lipinski definition) is 2. The Balaban J connectivity index is 1.46. The highest BCUT2D eigenvalue weighted by Gasteiger charge is 2.18. The summed E-state index contributed by atoms with van der Waals surface area (Å²) in [6, 6.07) is 7.06. The van der Waals surface area contributed by atoms with Gasteiger partial charge in [-0.3, -0.25) is 0 Å². The Bertz CT molecular complexity index is 726. The molecule has 3 rings (SSSR count). The van der Waals surface area contributed by atoms with Gasteiger partial charge in [0.2, 0.25) is 0 Å². The smallest absolute Gasteiger partial charge is 0.317 e. The van der Waals surface area contributed by atoms with Crippen LogP contribution in [-0.2, 0) is 25.8 Å². The van der Waals surface area contributed by atoms with E-state index < -0.39 is 0 Å². The fraction of sp³-hybridized carbons (Fsp3) is 0.500. The molecule has 0 bridgehead atoms. The average molecular weight is 343 g/mol. The van der Waals surface area contributed by atoms with Gasteiger partial charge in [-0.1, -0.05) is 12.1 Å². The van der Waals surface area contributed by atoms with Crippen LogP contribution in [0.5, 0.6) is 5.75 Å². The Labute approximate surface area is 147 Å². The van der Waals surface area contributed by atoms with Crippen molar-refractivity contribution in [2.75, 3.05) is 13.6 Å². The van der Waals surface area contributed by atoms with Crippen LogP contribution in [0.4, 0.5) is 4.79 Å². The third-order valence-electron chi connectivity index (χ3n) is 4.76. The highest BCUT2D eigenvalue weighted by Crippen LogP contribution is 2.14. The highest BCUT2D eigenvalue weighted by atomic mass is 16.3. The minimum absolute atomic E-state index is 0.0573. The van der Waals surface area contributed by atoms with E-state index in [2.05, 4.69) is 20.1 Å². The largest absolute Gasteiger partial charge is 0.508 e. The van der Waals surface area contributed by atoms with Gasteiger partial charge in [0, 0.05) is 39.0 Å². The van der Waals surface area contributed by atoms with Gasteiger partial charge in [-0.15, -0.1) is 10.2 Å². The summed E-state index contributed by atoms with van der Waals surface area (Å²) in [7, 11) is 1.80. The molecule has 0 aliphatic carbocycles. The third kappa shape index (κ3) is 4.10. The monoisotopic (exact) mass is 343 g/mol. The first kappa shape index (κ1) is 17.3. The van der Waals surface area contributed by atoms with Crippen LogP contribution in [0.1, 0.15) is 30.6 Å². The fourth-order valence-electron chi connectivity index (χ4n) is 3.11. The lowest BCUT2D eigenvalue weighted by molar-refractivity contribution is 0.194. The summed E-state index contributed by atoms with van der Waals surface area (Å²) in [5.41, 5.74) is 1.09. The molecule has 0 fully saturated rings. The molecule has 0 radical (unpaired) electrons. The standard InChI is InChI=1S/C18H25N5O2/c1-13(12-14-5-7-15(24)8-6-14)22(2)18(25)19-10-9-17-21-20-16-4-3-11-23(16)17/h5-8,13,24H,3-4,9-12H2,1-2H3,(H,19,25)/t13-/m0/s1. The van der Waals surface area contributed by atoms with Crippen molar-refractivity contribution < 1.29 is 9.90 Å². The Morgan fingerprint density at radius 3 is 2.88 bits per heavy atom. The van der Waals surface area contributed by atoms with Gasteiger partial charge < -0.3 is 19.9 Å². The summed E-state index contributed by atoms with van der Waals surface area (Å²) < 4.78 is 2.16. The summed E-state index contributed by atoms with van der Waals surface area (Å²) in [6.07, 6.45) is 3.55. The normalized spacial score (nSPS) is 14.2. The van der Waals surface area contributed by atoms with Gasteiger partial charge >= 0.3 is 6.03 Å². The number of fused-ring (bicyclic) bond motifs is 1. The molecule has 25 heavy (non-hydrogen) atoms. The van der Waals surface area contributed by atoms with Crippen molar-refractivity contribution in [2.45, 2.75) is 45.2 Å². The van der Waals surface area contributed by atoms with Crippen LogP contribution in [0.25, 0.3) is 0 Å². The van der Waals surface area contributed by atoms with Gasteiger partial charge in [-0.25, -0.2) is 4.79 Å². The lowest BCUT2D eigenvalue weighted by atomic mass is 10.1. The van der Waals surface area contributed by atoms with Crippen LogP contribution >= 0.6 is 0 Å². The van der Waals surface area contributed by atoms with Crippen LogP contribution in [0.2, 0.25) is 0 Å². The van der Waals surface area contributed by atoms with Crippen molar-refractivity contribution >= 4 is 6.03 Å². The number of nitrogens with one attached hydrogen (secondary N) is 1. The summed E-state index contributed by atoms with van der Waals surface area (Å²) in [5, 5.41) is 20.7. The van der Waals surface area contributed by atoms with E-state index in [9.17, 15) is 9.90 Å². The van der Waals surface area contributed by atoms with Gasteiger partial charge in [0.05, 0.1) is 0 Å². The van der Waals surface area contributed by atoms with E-state index in [1.165, 1.54) is 0 Å². The number of benzene rings is 1. The van der Waals surface area contributed by atoms with Gasteiger partial charge in [0.15, 0.2) is 0 Å². The van der Waals surface area contributed by atoms with Crippen LogP contribution < -0.4 is 5.32 Å². The molecule has 2 amide bonds. The summed E-state index contributed by atoms with van der Waals surface area (Å²) in [6.45, 7) is 3.54. The maximum atomic E-state index is 12.3. The van der Waals surface area contributed by atoms with E-state index in [1.54, 1.807) is 24.1 Å². The Hall–Kier alpha value is -2.57. The topological polar surface area (TPSA) is 83.3 Å². The predicted octanol–water partition coefficient (Wildman–Crippen LogP) is 1.74. The Morgan fingerprint density at radius 2 is 2.12 bits per heavy atom. The van der Waals surface area contributed by atoms with Crippen LogP contribution in [-0.4, -0.2) is 50.4 Å². The first-order valence-electron chi connectivity index (χ1n) is 8.74. The van der Waals surface area contributed by atoms with Crippen LogP contribution in [0, 0.1) is 0 Å². The quantitative estimate of drug-likeness (QED) is 0.837. The highest BCUT2D eigenvalue weighted by molar-refractivity contribution is 5.74. The number of urea groups is 1. The summed E-state index contributed by atoms with van der Waals surface area (Å²) in [5.74, 6) is 2.26. The van der Waals surface area contributed by atoms with Crippen LogP contribution in [0.3, 0.4) is 0 Å². The molecule has 1 aromatic heterocycles. The number of amides is 2. The zero-order chi connectivity index (χ0) is 17.8. The molecule has 134 valence electrons. The Kier molecular flexibility index (Phi) is 5.21. The number of carbonyl (C=O) groups excluding carboxylic acids is 1. The molecule has 0 saturated carbocycles. The molecule has 1 atom stereocenters. The van der Waals surface area contributed by atoms with E-state index in [-0.39, 0.29) is 17.8 Å². The van der Waals surface area contributed by atoms with Gasteiger partial charge in [-0.05, 0) is 37.5 Å². The molecule has 7 nitrogen and oxygen atoms in total. The number of aromatic hydroxyl groups is 1. The average Bonchev–Trinajstić information content (AvgIpc) is 3.20. The van der Waals surface area contributed by atoms with Crippen molar-refractivity contribution in [1.82, 2.24) is 25.0 Å². The van der Waals surface area contributed by atoms with E-state index in [1.807, 2.05) is 19.1 Å². The summed E-state index contributed by atoms with van der Waals surface area (Å²) in [4.78, 5) is 14.0. The molecule has 0 unspecified atom stereocenters. The lowest BCUT2D eigenvalue weighted by Gasteiger charge is -2.25. The molecular weight excluding hydrogens is 318 g/mol. The number of rotatable bonds is 6. The SMILES string of the molecule is C[C@@H](Cc1ccc(O)cc1)N(C)C(=O)NCCc1nnc2n1CCC2. The second-order valence-electron chi connectivity index (χ2n) is 6.60. The molecule has 0 saturated heterocycles. The molecule has 1 aliphatic rings. The number of phenolic OH excluding ortho intramolecular Hbond substituents is 1. The second kappa shape index (κ2) is 7.55. The molecule has 2 heterocycles. The number of aryl methyl sites for hydroxylation is 1. The molecule has 7 heteroatoms. The van der Waals surface area contributed by atoms with Crippen LogP contribution in [0.15, 0.2) is 24.3 Å². The molecule has 1 aliphatic heterocycles. The molecule has 2 aromatic rings. The maximum Gasteiger partial charge on any atom is 0.317 e. The number of hydrogen-bond acceptors (Lipinski definition) is 4. The van der Waals surface area contributed by atoms with E-state index in [0.29, 0.717) is 13.0 Å². The minimum Gasteiger partial charge on any atom is -0.508 e. The van der Waals surface area contributed by atoms with Crippen molar-refractivity contribution in [3.05, 3.63) is 41.5 Å². The second-order valence-corrected chi connectivity index (χ2v) is 6.60. The van der Waals surface area contributed by atoms with Gasteiger partial charge in [0.25, 0.3) is 0 Å². The van der Waals surface area contributed by atoms with Crippen molar-refractivity contribution in [2.24, 2.45) is 0 Å². The predicted molar refractivity (Wildman–Crippen MR) is 94.5 cm³/mol. The minimum atomic E-state index is -0.0903. The maximum absolute atomic E-state index is 12.3. The molecular formula is C18H25N5O2. The van der Waals surface area contributed by atoms with Gasteiger partial charge in [0.1, 0.15) is 17.4 Å². The van der Waals surface area contributed by atoms with E-state index >= 15 is 0 Å². The molecule has 2 N–H and O–H groups in total.